The Bertz CT molecular complexity index is 1160. The van der Waals surface area contributed by atoms with Crippen LogP contribution < -0.4 is 5.43 Å². The Kier molecular flexibility index (Phi) is 6.26. The highest BCUT2D eigenvalue weighted by Gasteiger charge is 2.17. The number of hydrogen-bond acceptors (Lipinski definition) is 6. The number of nitrogens with one attached hydrogen (secondary N) is 1. The summed E-state index contributed by atoms with van der Waals surface area (Å²) in [5, 5.41) is 13.7. The predicted octanol–water partition coefficient (Wildman–Crippen LogP) is 4.42. The van der Waals surface area contributed by atoms with Crippen molar-refractivity contribution in [2.45, 2.75) is 5.16 Å². The molecule has 0 aliphatic rings. The standard InChI is InChI=1S/C21H16ClN5O2S/c22-16-7-4-6-15(12-16)20-25-26-21(27(20)17-8-2-1-3-9-17)30-14-19(28)24-23-13-18-10-5-11-29-18/h1-13H,14H2,(H,24,28)/b23-13+. The highest BCUT2D eigenvalue weighted by Crippen LogP contribution is 2.29. The quantitative estimate of drug-likeness (QED) is 0.263. The van der Waals surface area contributed by atoms with Crippen LogP contribution in [0, 0.1) is 0 Å². The molecule has 1 amide bonds. The molecule has 2 aromatic heterocycles. The second-order valence-electron chi connectivity index (χ2n) is 6.08. The number of hydrogen-bond donors (Lipinski definition) is 1. The molecular formula is C21H16ClN5O2S. The lowest BCUT2D eigenvalue weighted by molar-refractivity contribution is -0.118. The lowest BCUT2D eigenvalue weighted by Crippen LogP contribution is -2.19. The first-order valence-electron chi connectivity index (χ1n) is 8.96. The minimum atomic E-state index is -0.269. The van der Waals surface area contributed by atoms with E-state index in [0.717, 1.165) is 11.3 Å². The molecular weight excluding hydrogens is 422 g/mol. The molecule has 150 valence electrons. The second kappa shape index (κ2) is 9.43. The minimum Gasteiger partial charge on any atom is -0.463 e. The van der Waals surface area contributed by atoms with Crippen molar-refractivity contribution in [2.24, 2.45) is 5.10 Å². The summed E-state index contributed by atoms with van der Waals surface area (Å²) < 4.78 is 7.02. The van der Waals surface area contributed by atoms with Crippen LogP contribution in [0.3, 0.4) is 0 Å². The van der Waals surface area contributed by atoms with Crippen LogP contribution in [-0.2, 0) is 4.79 Å². The van der Waals surface area contributed by atoms with E-state index in [2.05, 4.69) is 20.7 Å². The zero-order chi connectivity index (χ0) is 20.8. The normalized spacial score (nSPS) is 11.1. The topological polar surface area (TPSA) is 85.3 Å². The van der Waals surface area contributed by atoms with Crippen LogP contribution in [0.25, 0.3) is 17.1 Å². The van der Waals surface area contributed by atoms with Crippen LogP contribution in [0.5, 0.6) is 0 Å². The number of rotatable bonds is 7. The van der Waals surface area contributed by atoms with E-state index in [4.69, 9.17) is 16.0 Å². The predicted molar refractivity (Wildman–Crippen MR) is 117 cm³/mol. The van der Waals surface area contributed by atoms with Gasteiger partial charge in [0.15, 0.2) is 11.0 Å². The van der Waals surface area contributed by atoms with E-state index < -0.39 is 0 Å². The molecule has 1 N–H and O–H groups in total. The van der Waals surface area contributed by atoms with Gasteiger partial charge in [-0.2, -0.15) is 5.10 Å². The van der Waals surface area contributed by atoms with Gasteiger partial charge in [0.2, 0.25) is 0 Å². The van der Waals surface area contributed by atoms with Gasteiger partial charge in [0, 0.05) is 16.3 Å². The number of thioether (sulfide) groups is 1. The van der Waals surface area contributed by atoms with Gasteiger partial charge in [-0.05, 0) is 36.4 Å². The summed E-state index contributed by atoms with van der Waals surface area (Å²) >= 11 is 7.42. The molecule has 0 spiro atoms. The summed E-state index contributed by atoms with van der Waals surface area (Å²) in [4.78, 5) is 12.2. The van der Waals surface area contributed by atoms with Crippen molar-refractivity contribution in [3.05, 3.63) is 83.8 Å². The Hall–Kier alpha value is -3.36. The minimum absolute atomic E-state index is 0.121. The lowest BCUT2D eigenvalue weighted by Gasteiger charge is -2.10. The molecule has 0 saturated heterocycles. The Balaban J connectivity index is 1.54. The molecule has 0 fully saturated rings. The van der Waals surface area contributed by atoms with E-state index in [1.54, 1.807) is 18.2 Å². The number of benzene rings is 2. The molecule has 30 heavy (non-hydrogen) atoms. The Morgan fingerprint density at radius 3 is 2.77 bits per heavy atom. The third kappa shape index (κ3) is 4.79. The Morgan fingerprint density at radius 1 is 1.13 bits per heavy atom. The van der Waals surface area contributed by atoms with Crippen molar-refractivity contribution < 1.29 is 9.21 Å². The van der Waals surface area contributed by atoms with E-state index in [0.29, 0.717) is 21.8 Å². The molecule has 2 aromatic carbocycles. The lowest BCUT2D eigenvalue weighted by atomic mass is 10.2. The first kappa shape index (κ1) is 19.9. The highest BCUT2D eigenvalue weighted by molar-refractivity contribution is 7.99. The zero-order valence-corrected chi connectivity index (χ0v) is 17.2. The third-order valence-electron chi connectivity index (χ3n) is 3.99. The van der Waals surface area contributed by atoms with Crippen molar-refractivity contribution in [2.75, 3.05) is 5.75 Å². The molecule has 4 rings (SSSR count). The number of carbonyl (C=O) groups is 1. The number of carbonyl (C=O) groups excluding carboxylic acids is 1. The van der Waals surface area contributed by atoms with Crippen LogP contribution in [0.15, 0.2) is 87.7 Å². The summed E-state index contributed by atoms with van der Waals surface area (Å²) in [6.45, 7) is 0. The number of hydrazone groups is 1. The van der Waals surface area contributed by atoms with Gasteiger partial charge in [-0.25, -0.2) is 5.43 Å². The molecule has 0 atom stereocenters. The first-order chi connectivity index (χ1) is 14.7. The monoisotopic (exact) mass is 437 g/mol. The van der Waals surface area contributed by atoms with Crippen LogP contribution in [0.4, 0.5) is 0 Å². The number of halogens is 1. The average molecular weight is 438 g/mol. The number of nitrogens with zero attached hydrogens (tertiary/aromatic N) is 4. The van der Waals surface area contributed by atoms with Gasteiger partial charge in [0.05, 0.1) is 18.2 Å². The van der Waals surface area contributed by atoms with Crippen molar-refractivity contribution in [1.82, 2.24) is 20.2 Å². The Morgan fingerprint density at radius 2 is 2.00 bits per heavy atom. The molecule has 0 saturated carbocycles. The zero-order valence-electron chi connectivity index (χ0n) is 15.6. The molecule has 0 aliphatic heterocycles. The van der Waals surface area contributed by atoms with Crippen molar-refractivity contribution >= 4 is 35.5 Å². The SMILES string of the molecule is O=C(CSc1nnc(-c2cccc(Cl)c2)n1-c1ccccc1)N/N=C/c1ccco1. The van der Waals surface area contributed by atoms with E-state index in [-0.39, 0.29) is 11.7 Å². The summed E-state index contributed by atoms with van der Waals surface area (Å²) in [5.74, 6) is 1.05. The van der Waals surface area contributed by atoms with Gasteiger partial charge in [-0.3, -0.25) is 9.36 Å². The molecule has 0 unspecified atom stereocenters. The third-order valence-corrected chi connectivity index (χ3v) is 5.15. The summed E-state index contributed by atoms with van der Waals surface area (Å²) in [6, 6.07) is 20.6. The molecule has 4 aromatic rings. The van der Waals surface area contributed by atoms with Crippen LogP contribution in [0.1, 0.15) is 5.76 Å². The molecule has 9 heteroatoms. The van der Waals surface area contributed by atoms with E-state index in [9.17, 15) is 4.79 Å². The van der Waals surface area contributed by atoms with Gasteiger partial charge in [-0.15, -0.1) is 10.2 Å². The van der Waals surface area contributed by atoms with E-state index in [1.165, 1.54) is 24.2 Å². The number of amides is 1. The second-order valence-corrected chi connectivity index (χ2v) is 7.46. The van der Waals surface area contributed by atoms with Gasteiger partial charge < -0.3 is 4.42 Å². The maximum atomic E-state index is 12.2. The largest absolute Gasteiger partial charge is 0.463 e. The maximum absolute atomic E-state index is 12.2. The summed E-state index contributed by atoms with van der Waals surface area (Å²) in [6.07, 6.45) is 2.97. The first-order valence-corrected chi connectivity index (χ1v) is 10.3. The van der Waals surface area contributed by atoms with E-state index >= 15 is 0 Å². The van der Waals surface area contributed by atoms with Crippen LogP contribution >= 0.6 is 23.4 Å². The van der Waals surface area contributed by atoms with Gasteiger partial charge in [0.1, 0.15) is 5.76 Å². The van der Waals surface area contributed by atoms with Crippen LogP contribution in [0.2, 0.25) is 5.02 Å². The smallest absolute Gasteiger partial charge is 0.250 e. The summed E-state index contributed by atoms with van der Waals surface area (Å²) in [5.41, 5.74) is 4.19. The summed E-state index contributed by atoms with van der Waals surface area (Å²) in [7, 11) is 0. The number of para-hydroxylation sites is 1. The molecule has 7 nitrogen and oxygen atoms in total. The fourth-order valence-corrected chi connectivity index (χ4v) is 3.62. The van der Waals surface area contributed by atoms with Gasteiger partial charge in [0.25, 0.3) is 5.91 Å². The van der Waals surface area contributed by atoms with E-state index in [1.807, 2.05) is 53.1 Å². The molecule has 2 heterocycles. The average Bonchev–Trinajstić information content (AvgIpc) is 3.43. The molecule has 0 aliphatic carbocycles. The maximum Gasteiger partial charge on any atom is 0.250 e. The highest BCUT2D eigenvalue weighted by atomic mass is 35.5. The fourth-order valence-electron chi connectivity index (χ4n) is 2.68. The van der Waals surface area contributed by atoms with Crippen molar-refractivity contribution in [3.8, 4) is 17.1 Å². The fraction of sp³-hybridized carbons (Fsp3) is 0.0476. The number of aromatic nitrogens is 3. The van der Waals surface area contributed by atoms with Gasteiger partial charge in [-0.1, -0.05) is 53.7 Å². The van der Waals surface area contributed by atoms with Crippen molar-refractivity contribution in [3.63, 3.8) is 0 Å². The van der Waals surface area contributed by atoms with Crippen LogP contribution in [-0.4, -0.2) is 32.6 Å². The number of furan rings is 1. The molecule has 0 bridgehead atoms. The van der Waals surface area contributed by atoms with Gasteiger partial charge >= 0.3 is 0 Å². The molecule has 0 radical (unpaired) electrons. The Labute approximate surface area is 181 Å². The van der Waals surface area contributed by atoms with Crippen molar-refractivity contribution in [1.29, 1.82) is 0 Å².